The summed E-state index contributed by atoms with van der Waals surface area (Å²) in [6, 6.07) is 0. The van der Waals surface area contributed by atoms with Crippen LogP contribution in [0.1, 0.15) is 20.8 Å². The lowest BCUT2D eigenvalue weighted by Crippen LogP contribution is -2.43. The van der Waals surface area contributed by atoms with Gasteiger partial charge >= 0.3 is 0 Å². The van der Waals surface area contributed by atoms with Gasteiger partial charge in [0.1, 0.15) is 0 Å². The van der Waals surface area contributed by atoms with Crippen molar-refractivity contribution in [2.45, 2.75) is 32.4 Å². The Hall–Kier alpha value is -0.240. The molecule has 0 saturated heterocycles. The van der Waals surface area contributed by atoms with Crippen molar-refractivity contribution in [3.05, 3.63) is 0 Å². The van der Waals surface area contributed by atoms with Crippen LogP contribution in [0.4, 0.5) is 0 Å². The van der Waals surface area contributed by atoms with Crippen molar-refractivity contribution in [1.29, 1.82) is 0 Å². The molecule has 128 valence electrons. The Morgan fingerprint density at radius 3 is 1.90 bits per heavy atom. The van der Waals surface area contributed by atoms with Crippen molar-refractivity contribution in [2.75, 3.05) is 67.0 Å². The summed E-state index contributed by atoms with van der Waals surface area (Å²) in [6.45, 7) is 11.2. The second kappa shape index (κ2) is 13.4. The van der Waals surface area contributed by atoms with E-state index in [0.717, 1.165) is 6.54 Å². The number of hydrogen-bond donors (Lipinski definition) is 1. The molecule has 0 rings (SSSR count). The smallest absolute Gasteiger partial charge is 0.0933 e. The maximum Gasteiger partial charge on any atom is 0.0933 e. The number of rotatable bonds is 14. The number of ether oxygens (including phenoxy) is 5. The van der Waals surface area contributed by atoms with E-state index in [1.54, 1.807) is 14.2 Å². The summed E-state index contributed by atoms with van der Waals surface area (Å²) in [4.78, 5) is 0. The third kappa shape index (κ3) is 16.0. The minimum absolute atomic E-state index is 0.0378. The van der Waals surface area contributed by atoms with Crippen molar-refractivity contribution >= 4 is 0 Å². The fourth-order valence-electron chi connectivity index (χ4n) is 1.51. The van der Waals surface area contributed by atoms with E-state index >= 15 is 0 Å². The molecule has 0 aliphatic carbocycles. The van der Waals surface area contributed by atoms with Gasteiger partial charge in [0.05, 0.1) is 52.4 Å². The van der Waals surface area contributed by atoms with Crippen LogP contribution in [0.25, 0.3) is 0 Å². The molecule has 0 radical (unpaired) electrons. The van der Waals surface area contributed by atoms with Crippen LogP contribution in [0, 0.1) is 0 Å². The number of nitrogens with one attached hydrogen (secondary N) is 1. The average molecular weight is 307 g/mol. The van der Waals surface area contributed by atoms with Gasteiger partial charge in [0.15, 0.2) is 0 Å². The molecule has 6 heteroatoms. The maximum atomic E-state index is 5.75. The molecule has 0 aliphatic rings. The Labute approximate surface area is 129 Å². The van der Waals surface area contributed by atoms with E-state index in [2.05, 4.69) is 26.1 Å². The van der Waals surface area contributed by atoms with Crippen LogP contribution >= 0.6 is 0 Å². The average Bonchev–Trinajstić information content (AvgIpc) is 2.42. The quantitative estimate of drug-likeness (QED) is 0.485. The molecule has 0 aromatic heterocycles. The highest BCUT2D eigenvalue weighted by molar-refractivity contribution is 4.73. The van der Waals surface area contributed by atoms with Gasteiger partial charge in [-0.25, -0.2) is 0 Å². The molecule has 0 amide bonds. The van der Waals surface area contributed by atoms with Crippen LogP contribution < -0.4 is 5.32 Å². The van der Waals surface area contributed by atoms with Crippen molar-refractivity contribution in [2.24, 2.45) is 0 Å². The third-order valence-corrected chi connectivity index (χ3v) is 2.60. The van der Waals surface area contributed by atoms with Crippen molar-refractivity contribution < 1.29 is 23.7 Å². The molecule has 1 N–H and O–H groups in total. The second-order valence-electron chi connectivity index (χ2n) is 5.80. The SMILES string of the molecule is COCCOCCOCCOC(CNC(C)(C)C)COC. The number of methoxy groups -OCH3 is 2. The minimum atomic E-state index is 0.0378. The predicted octanol–water partition coefficient (Wildman–Crippen LogP) is 1.09. The molecule has 6 nitrogen and oxygen atoms in total. The van der Waals surface area contributed by atoms with Gasteiger partial charge in [-0.2, -0.15) is 0 Å². The zero-order valence-corrected chi connectivity index (χ0v) is 14.3. The van der Waals surface area contributed by atoms with Gasteiger partial charge in [-0.05, 0) is 20.8 Å². The van der Waals surface area contributed by atoms with Gasteiger partial charge in [-0.15, -0.1) is 0 Å². The van der Waals surface area contributed by atoms with Crippen molar-refractivity contribution in [3.8, 4) is 0 Å². The molecule has 0 spiro atoms. The molecule has 21 heavy (non-hydrogen) atoms. The molecule has 0 bridgehead atoms. The fraction of sp³-hybridized carbons (Fsp3) is 1.00. The van der Waals surface area contributed by atoms with Crippen molar-refractivity contribution in [3.63, 3.8) is 0 Å². The largest absolute Gasteiger partial charge is 0.382 e. The zero-order valence-electron chi connectivity index (χ0n) is 14.3. The van der Waals surface area contributed by atoms with Gasteiger partial charge in [-0.1, -0.05) is 0 Å². The third-order valence-electron chi connectivity index (χ3n) is 2.60. The van der Waals surface area contributed by atoms with E-state index in [-0.39, 0.29) is 11.6 Å². The van der Waals surface area contributed by atoms with Crippen LogP contribution in [0.2, 0.25) is 0 Å². The van der Waals surface area contributed by atoms with Crippen LogP contribution in [0.15, 0.2) is 0 Å². The lowest BCUT2D eigenvalue weighted by atomic mass is 10.1. The predicted molar refractivity (Wildman–Crippen MR) is 82.9 cm³/mol. The Bertz CT molecular complexity index is 221. The summed E-state index contributed by atoms with van der Waals surface area (Å²) >= 11 is 0. The molecule has 0 heterocycles. The molecule has 1 atom stereocenters. The van der Waals surface area contributed by atoms with Crippen LogP contribution in [-0.4, -0.2) is 78.7 Å². The summed E-state index contributed by atoms with van der Waals surface area (Å²) in [5.41, 5.74) is 0.0748. The second-order valence-corrected chi connectivity index (χ2v) is 5.80. The zero-order chi connectivity index (χ0) is 16.0. The van der Waals surface area contributed by atoms with E-state index in [0.29, 0.717) is 46.2 Å². The molecule has 0 aromatic rings. The first-order chi connectivity index (χ1) is 9.99. The van der Waals surface area contributed by atoms with Gasteiger partial charge in [0.25, 0.3) is 0 Å². The van der Waals surface area contributed by atoms with Gasteiger partial charge in [-0.3, -0.25) is 0 Å². The highest BCUT2D eigenvalue weighted by Gasteiger charge is 2.14. The first kappa shape index (κ1) is 20.8. The highest BCUT2D eigenvalue weighted by atomic mass is 16.6. The van der Waals surface area contributed by atoms with E-state index in [9.17, 15) is 0 Å². The van der Waals surface area contributed by atoms with Gasteiger partial charge < -0.3 is 29.0 Å². The lowest BCUT2D eigenvalue weighted by Gasteiger charge is -2.25. The molecule has 0 saturated carbocycles. The van der Waals surface area contributed by atoms with E-state index in [1.807, 2.05) is 0 Å². The van der Waals surface area contributed by atoms with Gasteiger partial charge in [0.2, 0.25) is 0 Å². The van der Waals surface area contributed by atoms with Crippen molar-refractivity contribution in [1.82, 2.24) is 5.32 Å². The van der Waals surface area contributed by atoms with Crippen LogP contribution in [-0.2, 0) is 23.7 Å². The summed E-state index contributed by atoms with van der Waals surface area (Å²) in [7, 11) is 3.34. The Morgan fingerprint density at radius 2 is 1.38 bits per heavy atom. The molecular weight excluding hydrogens is 274 g/mol. The summed E-state index contributed by atoms with van der Waals surface area (Å²) < 4.78 is 26.5. The highest BCUT2D eigenvalue weighted by Crippen LogP contribution is 2.00. The normalized spacial score (nSPS) is 13.6. The molecule has 0 fully saturated rings. The molecule has 1 unspecified atom stereocenters. The minimum Gasteiger partial charge on any atom is -0.382 e. The monoisotopic (exact) mass is 307 g/mol. The Kier molecular flexibility index (Phi) is 13.3. The molecule has 0 aromatic carbocycles. The standard InChI is InChI=1S/C15H33NO5/c1-15(2,3)16-12-14(13-18-5)21-11-10-20-9-8-19-7-6-17-4/h14,16H,6-13H2,1-5H3. The lowest BCUT2D eigenvalue weighted by molar-refractivity contribution is -0.0384. The molecular formula is C15H33NO5. The van der Waals surface area contributed by atoms with Crippen LogP contribution in [0.3, 0.4) is 0 Å². The molecule has 0 aliphatic heterocycles. The Morgan fingerprint density at radius 1 is 0.810 bits per heavy atom. The van der Waals surface area contributed by atoms with E-state index in [1.165, 1.54) is 0 Å². The first-order valence-electron chi connectivity index (χ1n) is 7.49. The summed E-state index contributed by atoms with van der Waals surface area (Å²) in [5.74, 6) is 0. The topological polar surface area (TPSA) is 58.2 Å². The summed E-state index contributed by atoms with van der Waals surface area (Å²) in [6.07, 6.45) is 0.0378. The van der Waals surface area contributed by atoms with E-state index in [4.69, 9.17) is 23.7 Å². The number of hydrogen-bond acceptors (Lipinski definition) is 6. The fourth-order valence-corrected chi connectivity index (χ4v) is 1.51. The van der Waals surface area contributed by atoms with Crippen LogP contribution in [0.5, 0.6) is 0 Å². The first-order valence-corrected chi connectivity index (χ1v) is 7.49. The van der Waals surface area contributed by atoms with E-state index < -0.39 is 0 Å². The van der Waals surface area contributed by atoms with Gasteiger partial charge in [0, 0.05) is 26.3 Å². The summed E-state index contributed by atoms with van der Waals surface area (Å²) in [5, 5.41) is 3.41. The Balaban J connectivity index is 3.51. The maximum absolute atomic E-state index is 5.75.